The molecule has 7 nitrogen and oxygen atoms in total. The molecular formula is C14H9FN6O. The van der Waals surface area contributed by atoms with Crippen molar-refractivity contribution in [1.82, 2.24) is 29.4 Å². The smallest absolute Gasteiger partial charge is 0.251 e. The van der Waals surface area contributed by atoms with Crippen LogP contribution < -0.4 is 5.56 Å². The number of aromatic nitrogens is 6. The van der Waals surface area contributed by atoms with Crippen molar-refractivity contribution >= 4 is 5.65 Å². The number of H-pyrrole nitrogens is 1. The van der Waals surface area contributed by atoms with Crippen LogP contribution in [0.15, 0.2) is 54.1 Å². The molecular weight excluding hydrogens is 287 g/mol. The van der Waals surface area contributed by atoms with Gasteiger partial charge in [0, 0.05) is 35.8 Å². The van der Waals surface area contributed by atoms with Gasteiger partial charge >= 0.3 is 0 Å². The average Bonchev–Trinajstić information content (AvgIpc) is 3.13. The minimum absolute atomic E-state index is 0.234. The summed E-state index contributed by atoms with van der Waals surface area (Å²) in [4.78, 5) is 17.9. The number of aromatic amines is 1. The van der Waals surface area contributed by atoms with E-state index in [4.69, 9.17) is 0 Å². The lowest BCUT2D eigenvalue weighted by atomic mass is 10.1. The Balaban J connectivity index is 1.85. The van der Waals surface area contributed by atoms with Gasteiger partial charge < -0.3 is 4.98 Å². The molecule has 0 saturated carbocycles. The zero-order valence-corrected chi connectivity index (χ0v) is 11.1. The summed E-state index contributed by atoms with van der Waals surface area (Å²) >= 11 is 0. The molecule has 22 heavy (non-hydrogen) atoms. The highest BCUT2D eigenvalue weighted by Crippen LogP contribution is 2.22. The fraction of sp³-hybridized carbons (Fsp3) is 0. The molecule has 0 aliphatic heterocycles. The molecule has 4 rings (SSSR count). The number of nitrogens with one attached hydrogen (secondary N) is 1. The minimum Gasteiger partial charge on any atom is -0.305 e. The summed E-state index contributed by atoms with van der Waals surface area (Å²) in [6.45, 7) is 0. The standard InChI is InChI=1S/C14H9FN6O/c15-11-6-16-3-1-10(11)9-5-17-21(8-9)12-7-18-20-4-2-13(22)19-14(12)20/h1-8H,(H,19,22). The summed E-state index contributed by atoms with van der Waals surface area (Å²) in [6, 6.07) is 2.96. The lowest BCUT2D eigenvalue weighted by Gasteiger charge is -1.99. The number of hydrogen-bond acceptors (Lipinski definition) is 4. The summed E-state index contributed by atoms with van der Waals surface area (Å²) in [7, 11) is 0. The van der Waals surface area contributed by atoms with E-state index in [9.17, 15) is 9.18 Å². The van der Waals surface area contributed by atoms with Crippen molar-refractivity contribution in [2.24, 2.45) is 0 Å². The second kappa shape index (κ2) is 4.62. The molecule has 1 N–H and O–H groups in total. The molecule has 0 fully saturated rings. The van der Waals surface area contributed by atoms with Gasteiger partial charge in [-0.05, 0) is 6.07 Å². The molecule has 0 radical (unpaired) electrons. The van der Waals surface area contributed by atoms with E-state index >= 15 is 0 Å². The normalized spacial score (nSPS) is 11.1. The van der Waals surface area contributed by atoms with Crippen LogP contribution in [-0.4, -0.2) is 29.4 Å². The maximum absolute atomic E-state index is 13.8. The summed E-state index contributed by atoms with van der Waals surface area (Å²) in [5, 5.41) is 8.35. The predicted octanol–water partition coefficient (Wildman–Crippen LogP) is 1.41. The van der Waals surface area contributed by atoms with Crippen LogP contribution in [0.5, 0.6) is 0 Å². The van der Waals surface area contributed by atoms with Gasteiger partial charge in [-0.15, -0.1) is 0 Å². The zero-order chi connectivity index (χ0) is 15.1. The van der Waals surface area contributed by atoms with Crippen LogP contribution in [0.1, 0.15) is 0 Å². The van der Waals surface area contributed by atoms with Crippen molar-refractivity contribution < 1.29 is 4.39 Å². The lowest BCUT2D eigenvalue weighted by molar-refractivity contribution is 0.625. The van der Waals surface area contributed by atoms with E-state index in [2.05, 4.69) is 20.2 Å². The number of hydrogen-bond donors (Lipinski definition) is 1. The Hall–Kier alpha value is -3.29. The van der Waals surface area contributed by atoms with Crippen molar-refractivity contribution in [3.05, 3.63) is 65.5 Å². The van der Waals surface area contributed by atoms with E-state index < -0.39 is 5.82 Å². The first-order valence-electron chi connectivity index (χ1n) is 6.44. The van der Waals surface area contributed by atoms with Gasteiger partial charge in [0.1, 0.15) is 11.5 Å². The lowest BCUT2D eigenvalue weighted by Crippen LogP contribution is -2.07. The highest BCUT2D eigenvalue weighted by molar-refractivity contribution is 5.64. The third-order valence-electron chi connectivity index (χ3n) is 3.30. The highest BCUT2D eigenvalue weighted by atomic mass is 19.1. The van der Waals surface area contributed by atoms with Gasteiger partial charge in [-0.3, -0.25) is 9.78 Å². The molecule has 4 aromatic rings. The molecule has 0 unspecified atom stereocenters. The van der Waals surface area contributed by atoms with Crippen molar-refractivity contribution in [1.29, 1.82) is 0 Å². The average molecular weight is 296 g/mol. The largest absolute Gasteiger partial charge is 0.305 e. The second-order valence-electron chi connectivity index (χ2n) is 4.66. The first kappa shape index (κ1) is 12.5. The van der Waals surface area contributed by atoms with Crippen LogP contribution in [0.3, 0.4) is 0 Å². The van der Waals surface area contributed by atoms with Crippen LogP contribution >= 0.6 is 0 Å². The van der Waals surface area contributed by atoms with Gasteiger partial charge in [0.2, 0.25) is 0 Å². The van der Waals surface area contributed by atoms with E-state index in [0.29, 0.717) is 22.5 Å². The first-order chi connectivity index (χ1) is 10.7. The van der Waals surface area contributed by atoms with Gasteiger partial charge in [0.05, 0.1) is 18.6 Å². The van der Waals surface area contributed by atoms with Gasteiger partial charge in [-0.2, -0.15) is 10.2 Å². The number of halogens is 1. The summed E-state index contributed by atoms with van der Waals surface area (Å²) in [5.41, 5.74) is 1.89. The molecule has 108 valence electrons. The fourth-order valence-electron chi connectivity index (χ4n) is 2.25. The minimum atomic E-state index is -0.421. The van der Waals surface area contributed by atoms with Crippen molar-refractivity contribution in [3.63, 3.8) is 0 Å². The molecule has 0 saturated heterocycles. The van der Waals surface area contributed by atoms with E-state index in [-0.39, 0.29) is 5.56 Å². The fourth-order valence-corrected chi connectivity index (χ4v) is 2.25. The molecule has 0 aliphatic rings. The van der Waals surface area contributed by atoms with Crippen LogP contribution in [0.25, 0.3) is 22.5 Å². The number of pyridine rings is 1. The molecule has 0 aliphatic carbocycles. The van der Waals surface area contributed by atoms with E-state index in [0.717, 1.165) is 6.20 Å². The third-order valence-corrected chi connectivity index (χ3v) is 3.30. The van der Waals surface area contributed by atoms with E-state index in [1.54, 1.807) is 30.9 Å². The molecule has 0 bridgehead atoms. The second-order valence-corrected chi connectivity index (χ2v) is 4.66. The van der Waals surface area contributed by atoms with E-state index in [1.807, 2.05) is 0 Å². The third kappa shape index (κ3) is 1.89. The van der Waals surface area contributed by atoms with Crippen molar-refractivity contribution in [2.75, 3.05) is 0 Å². The summed E-state index contributed by atoms with van der Waals surface area (Å²) in [5.74, 6) is -0.421. The molecule has 0 aromatic carbocycles. The Bertz CT molecular complexity index is 1030. The monoisotopic (exact) mass is 296 g/mol. The number of nitrogens with zero attached hydrogens (tertiary/aromatic N) is 5. The molecule has 4 heterocycles. The van der Waals surface area contributed by atoms with Crippen molar-refractivity contribution in [3.8, 4) is 16.8 Å². The van der Waals surface area contributed by atoms with Gasteiger partial charge in [-0.1, -0.05) is 0 Å². The Morgan fingerprint density at radius 1 is 1.14 bits per heavy atom. The highest BCUT2D eigenvalue weighted by Gasteiger charge is 2.11. The van der Waals surface area contributed by atoms with Gasteiger partial charge in [0.25, 0.3) is 5.56 Å². The molecule has 0 amide bonds. The van der Waals surface area contributed by atoms with Crippen LogP contribution in [0.4, 0.5) is 4.39 Å². The first-order valence-corrected chi connectivity index (χ1v) is 6.44. The topological polar surface area (TPSA) is 80.9 Å². The summed E-state index contributed by atoms with van der Waals surface area (Å²) in [6.07, 6.45) is 9.02. The maximum atomic E-state index is 13.8. The van der Waals surface area contributed by atoms with Crippen LogP contribution in [0, 0.1) is 5.82 Å². The Kier molecular flexibility index (Phi) is 2.62. The SMILES string of the molecule is O=c1ccn2ncc(-n3cc(-c4ccncc4F)cn3)c2[nH]1. The quantitative estimate of drug-likeness (QED) is 0.606. The summed E-state index contributed by atoms with van der Waals surface area (Å²) < 4.78 is 16.8. The maximum Gasteiger partial charge on any atom is 0.251 e. The Morgan fingerprint density at radius 3 is 2.91 bits per heavy atom. The van der Waals surface area contributed by atoms with Crippen molar-refractivity contribution in [2.45, 2.75) is 0 Å². The molecule has 8 heteroatoms. The van der Waals surface area contributed by atoms with E-state index in [1.165, 1.54) is 21.5 Å². The number of fused-ring (bicyclic) bond motifs is 1. The molecule has 0 spiro atoms. The molecule has 0 atom stereocenters. The van der Waals surface area contributed by atoms with Crippen LogP contribution in [0.2, 0.25) is 0 Å². The number of rotatable bonds is 2. The Labute approximate surface area is 122 Å². The molecule has 4 aromatic heterocycles. The predicted molar refractivity (Wildman–Crippen MR) is 76.1 cm³/mol. The Morgan fingerprint density at radius 2 is 2.05 bits per heavy atom. The zero-order valence-electron chi connectivity index (χ0n) is 11.1. The van der Waals surface area contributed by atoms with Crippen LogP contribution in [-0.2, 0) is 0 Å². The van der Waals surface area contributed by atoms with Gasteiger partial charge in [0.15, 0.2) is 5.65 Å². The van der Waals surface area contributed by atoms with Gasteiger partial charge in [-0.25, -0.2) is 13.6 Å².